The first-order chi connectivity index (χ1) is 14.4. The van der Waals surface area contributed by atoms with Gasteiger partial charge in [-0.05, 0) is 45.9 Å². The van der Waals surface area contributed by atoms with Gasteiger partial charge in [0.25, 0.3) is 0 Å². The van der Waals surface area contributed by atoms with E-state index >= 15 is 0 Å². The van der Waals surface area contributed by atoms with Gasteiger partial charge in [-0.25, -0.2) is 18.4 Å². The zero-order valence-electron chi connectivity index (χ0n) is 18.4. The van der Waals surface area contributed by atoms with Gasteiger partial charge in [0.2, 0.25) is 0 Å². The second kappa shape index (κ2) is 10.0. The molecule has 1 aliphatic rings. The van der Waals surface area contributed by atoms with Gasteiger partial charge in [-0.15, -0.1) is 0 Å². The number of carbonyl (C=O) groups is 2. The summed E-state index contributed by atoms with van der Waals surface area (Å²) in [5, 5.41) is 20.1. The first-order valence-corrected chi connectivity index (χ1v) is 9.85. The molecule has 170 valence electrons. The lowest BCUT2D eigenvalue weighted by molar-refractivity contribution is -0.133. The lowest BCUT2D eigenvalue weighted by Crippen LogP contribution is -2.36. The molecule has 0 bridgehead atoms. The standard InChI is InChI=1S/C22H29F2N3O4/c1-25(2)8-6-16-19(21(28)29)18(13-10-14(23)12-15(24)11-13)20(22(30)31)17(27(16)5)7-9-26(3)4/h10-12,18H,6-9H2,1-5H3,(H,28,29)(H,30,31). The lowest BCUT2D eigenvalue weighted by Gasteiger charge is -2.38. The first kappa shape index (κ1) is 24.5. The van der Waals surface area contributed by atoms with E-state index in [4.69, 9.17) is 0 Å². The summed E-state index contributed by atoms with van der Waals surface area (Å²) in [6.07, 6.45) is 0.662. The van der Waals surface area contributed by atoms with E-state index in [1.165, 1.54) is 0 Å². The number of halogens is 2. The van der Waals surface area contributed by atoms with Gasteiger partial charge in [0.1, 0.15) is 11.6 Å². The Morgan fingerprint density at radius 2 is 1.26 bits per heavy atom. The van der Waals surface area contributed by atoms with Crippen LogP contribution in [0.3, 0.4) is 0 Å². The van der Waals surface area contributed by atoms with Crippen molar-refractivity contribution in [2.75, 3.05) is 48.3 Å². The van der Waals surface area contributed by atoms with Crippen LogP contribution in [0.1, 0.15) is 24.3 Å². The molecule has 7 nitrogen and oxygen atoms in total. The minimum absolute atomic E-state index is 0.0369. The maximum atomic E-state index is 14.0. The SMILES string of the molecule is CN(C)CCC1=C(C(=O)O)C(c2cc(F)cc(F)c2)C(C(=O)O)=C(CCN(C)C)N1C. The summed E-state index contributed by atoms with van der Waals surface area (Å²) >= 11 is 0. The normalized spacial score (nSPS) is 15.5. The molecule has 0 saturated heterocycles. The Labute approximate surface area is 180 Å². The molecule has 9 heteroatoms. The molecule has 0 saturated carbocycles. The number of carboxylic acid groups (broad SMARTS) is 2. The largest absolute Gasteiger partial charge is 0.478 e. The summed E-state index contributed by atoms with van der Waals surface area (Å²) in [6.45, 7) is 1.04. The second-order valence-electron chi connectivity index (χ2n) is 8.13. The van der Waals surface area contributed by atoms with E-state index in [9.17, 15) is 28.6 Å². The number of nitrogens with zero attached hydrogens (tertiary/aromatic N) is 3. The Kier molecular flexibility index (Phi) is 7.91. The van der Waals surface area contributed by atoms with Gasteiger partial charge in [-0.3, -0.25) is 0 Å². The van der Waals surface area contributed by atoms with Crippen LogP contribution in [0.25, 0.3) is 0 Å². The fraction of sp³-hybridized carbons (Fsp3) is 0.455. The van der Waals surface area contributed by atoms with Crippen molar-refractivity contribution >= 4 is 11.9 Å². The average Bonchev–Trinajstić information content (AvgIpc) is 2.63. The van der Waals surface area contributed by atoms with Gasteiger partial charge >= 0.3 is 11.9 Å². The zero-order valence-corrected chi connectivity index (χ0v) is 18.4. The summed E-state index contributed by atoms with van der Waals surface area (Å²) in [5.41, 5.74) is 0.454. The quantitative estimate of drug-likeness (QED) is 0.614. The summed E-state index contributed by atoms with van der Waals surface area (Å²) in [5.74, 6) is -5.73. The van der Waals surface area contributed by atoms with Crippen molar-refractivity contribution in [3.63, 3.8) is 0 Å². The predicted molar refractivity (Wildman–Crippen MR) is 113 cm³/mol. The Morgan fingerprint density at radius 3 is 1.58 bits per heavy atom. The Hall–Kier alpha value is -2.78. The highest BCUT2D eigenvalue weighted by Gasteiger charge is 2.40. The van der Waals surface area contributed by atoms with Crippen LogP contribution in [0, 0.1) is 11.6 Å². The molecule has 1 aromatic carbocycles. The van der Waals surface area contributed by atoms with Crippen molar-refractivity contribution in [1.29, 1.82) is 0 Å². The molecule has 31 heavy (non-hydrogen) atoms. The number of benzene rings is 1. The topological polar surface area (TPSA) is 84.3 Å². The fourth-order valence-corrected chi connectivity index (χ4v) is 3.83. The molecule has 2 N–H and O–H groups in total. The maximum Gasteiger partial charge on any atom is 0.334 e. The molecular weight excluding hydrogens is 408 g/mol. The van der Waals surface area contributed by atoms with Crippen molar-refractivity contribution in [1.82, 2.24) is 14.7 Å². The minimum Gasteiger partial charge on any atom is -0.478 e. The summed E-state index contributed by atoms with van der Waals surface area (Å²) in [6, 6.07) is 2.67. The van der Waals surface area contributed by atoms with E-state index in [0.717, 1.165) is 12.1 Å². The van der Waals surface area contributed by atoms with Crippen molar-refractivity contribution in [2.45, 2.75) is 18.8 Å². The second-order valence-corrected chi connectivity index (χ2v) is 8.13. The first-order valence-electron chi connectivity index (χ1n) is 9.85. The van der Waals surface area contributed by atoms with Crippen molar-refractivity contribution < 1.29 is 28.6 Å². The Balaban J connectivity index is 2.81. The predicted octanol–water partition coefficient (Wildman–Crippen LogP) is 2.57. The molecule has 0 unspecified atom stereocenters. The van der Waals surface area contributed by atoms with Gasteiger partial charge in [-0.2, -0.15) is 0 Å². The molecule has 0 spiro atoms. The molecule has 1 heterocycles. The molecule has 0 amide bonds. The molecule has 1 aromatic rings. The van der Waals surface area contributed by atoms with Gasteiger partial charge < -0.3 is 24.9 Å². The number of rotatable bonds is 9. The molecule has 0 fully saturated rings. The molecule has 1 aliphatic heterocycles. The van der Waals surface area contributed by atoms with Gasteiger partial charge in [-0.1, -0.05) is 0 Å². The van der Waals surface area contributed by atoms with E-state index in [0.29, 0.717) is 43.4 Å². The maximum absolute atomic E-state index is 14.0. The lowest BCUT2D eigenvalue weighted by atomic mass is 9.78. The van der Waals surface area contributed by atoms with Crippen LogP contribution in [0.2, 0.25) is 0 Å². The molecular formula is C22H29F2N3O4. The smallest absolute Gasteiger partial charge is 0.334 e. The summed E-state index contributed by atoms with van der Waals surface area (Å²) in [7, 11) is 9.01. The average molecular weight is 437 g/mol. The van der Waals surface area contributed by atoms with Gasteiger partial charge in [0.05, 0.1) is 17.1 Å². The third-order valence-corrected chi connectivity index (χ3v) is 5.28. The highest BCUT2D eigenvalue weighted by molar-refractivity contribution is 5.98. The van der Waals surface area contributed by atoms with E-state index in [1.807, 2.05) is 38.0 Å². The number of carboxylic acids is 2. The molecule has 2 rings (SSSR count). The summed E-state index contributed by atoms with van der Waals surface area (Å²) < 4.78 is 28.1. The van der Waals surface area contributed by atoms with E-state index < -0.39 is 29.5 Å². The van der Waals surface area contributed by atoms with Crippen LogP contribution in [-0.2, 0) is 9.59 Å². The Morgan fingerprint density at radius 1 is 0.871 bits per heavy atom. The van der Waals surface area contributed by atoms with Crippen LogP contribution in [0.4, 0.5) is 8.78 Å². The monoisotopic (exact) mass is 437 g/mol. The van der Waals surface area contributed by atoms with E-state index in [2.05, 4.69) is 0 Å². The van der Waals surface area contributed by atoms with Crippen molar-refractivity contribution in [2.24, 2.45) is 0 Å². The number of aliphatic carboxylic acids is 2. The van der Waals surface area contributed by atoms with E-state index in [1.54, 1.807) is 11.9 Å². The van der Waals surface area contributed by atoms with Crippen molar-refractivity contribution in [3.05, 3.63) is 57.9 Å². The number of hydrogen-bond donors (Lipinski definition) is 2. The number of hydrogen-bond acceptors (Lipinski definition) is 5. The highest BCUT2D eigenvalue weighted by Crippen LogP contribution is 2.43. The molecule has 0 aliphatic carbocycles. The minimum atomic E-state index is -1.32. The molecule has 0 atom stereocenters. The highest BCUT2D eigenvalue weighted by atomic mass is 19.1. The summed E-state index contributed by atoms with van der Waals surface area (Å²) in [4.78, 5) is 30.1. The van der Waals surface area contributed by atoms with Crippen LogP contribution < -0.4 is 0 Å². The molecule has 0 aromatic heterocycles. The third kappa shape index (κ3) is 5.68. The van der Waals surface area contributed by atoms with Crippen LogP contribution in [-0.4, -0.2) is 85.2 Å². The van der Waals surface area contributed by atoms with Crippen LogP contribution in [0.15, 0.2) is 40.7 Å². The Bertz CT molecular complexity index is 857. The van der Waals surface area contributed by atoms with Crippen LogP contribution in [0.5, 0.6) is 0 Å². The fourth-order valence-electron chi connectivity index (χ4n) is 3.83. The van der Waals surface area contributed by atoms with Gasteiger partial charge in [0, 0.05) is 50.4 Å². The third-order valence-electron chi connectivity index (χ3n) is 5.28. The zero-order chi connectivity index (χ0) is 23.5. The van der Waals surface area contributed by atoms with Gasteiger partial charge in [0.15, 0.2) is 0 Å². The van der Waals surface area contributed by atoms with Crippen molar-refractivity contribution in [3.8, 4) is 0 Å². The van der Waals surface area contributed by atoms with Crippen LogP contribution >= 0.6 is 0 Å². The molecule has 0 radical (unpaired) electrons. The van der Waals surface area contributed by atoms with E-state index in [-0.39, 0.29) is 16.7 Å².